The predicted molar refractivity (Wildman–Crippen MR) is 395 cm³/mol. The third-order valence-electron chi connectivity index (χ3n) is 18.8. The van der Waals surface area contributed by atoms with Gasteiger partial charge in [0.1, 0.15) is 19.3 Å². The molecule has 17 nitrogen and oxygen atoms in total. The zero-order chi connectivity index (χ0) is 71.7. The zero-order valence-electron chi connectivity index (χ0n) is 63.7. The van der Waals surface area contributed by atoms with E-state index in [1.165, 1.54) is 193 Å². The number of unbranched alkanes of at least 4 members (excludes halogenated alkanes) is 39. The van der Waals surface area contributed by atoms with Gasteiger partial charge in [-0.05, 0) is 49.4 Å². The first kappa shape index (κ1) is 95.1. The van der Waals surface area contributed by atoms with Crippen molar-refractivity contribution in [2.75, 3.05) is 39.6 Å². The molecule has 0 aromatic heterocycles. The summed E-state index contributed by atoms with van der Waals surface area (Å²) in [6, 6.07) is 0. The van der Waals surface area contributed by atoms with Crippen molar-refractivity contribution in [3.8, 4) is 0 Å². The smallest absolute Gasteiger partial charge is 0.462 e. The Balaban J connectivity index is 5.17. The van der Waals surface area contributed by atoms with Crippen LogP contribution < -0.4 is 0 Å². The largest absolute Gasteiger partial charge is 0.472 e. The maximum Gasteiger partial charge on any atom is 0.472 e. The first-order valence-corrected chi connectivity index (χ1v) is 43.3. The molecule has 0 aromatic carbocycles. The quantitative estimate of drug-likeness (QED) is 0.0222. The van der Waals surface area contributed by atoms with E-state index in [4.69, 9.17) is 37.0 Å². The van der Waals surface area contributed by atoms with E-state index in [2.05, 4.69) is 55.4 Å². The SMILES string of the molecule is CCC(C)CCCCCCCCCCCCCCCCCCCCC(=O)O[C@H](COC(=O)CCCCCCCCC(C)C)COP(=O)(O)OC[C@H](O)COP(=O)(O)OC[C@@H](COC(=O)CCCCCCCCCCC(C)CC)OC(=O)CCCCCCCCCCCCCC(C)C. The third kappa shape index (κ3) is 69.5. The Morgan fingerprint density at radius 2 is 0.495 bits per heavy atom. The van der Waals surface area contributed by atoms with Gasteiger partial charge < -0.3 is 33.8 Å². The summed E-state index contributed by atoms with van der Waals surface area (Å²) >= 11 is 0. The van der Waals surface area contributed by atoms with Gasteiger partial charge in [-0.15, -0.1) is 0 Å². The fraction of sp³-hybridized carbons (Fsp3) is 0.949. The van der Waals surface area contributed by atoms with Gasteiger partial charge >= 0.3 is 39.5 Å². The van der Waals surface area contributed by atoms with Crippen LogP contribution in [0, 0.1) is 23.7 Å². The minimum Gasteiger partial charge on any atom is -0.462 e. The summed E-state index contributed by atoms with van der Waals surface area (Å²) in [4.78, 5) is 72.8. The van der Waals surface area contributed by atoms with Crippen LogP contribution in [-0.2, 0) is 65.4 Å². The molecule has 0 rings (SSSR count). The Morgan fingerprint density at radius 3 is 0.732 bits per heavy atom. The second-order valence-corrected chi connectivity index (χ2v) is 32.4. The van der Waals surface area contributed by atoms with E-state index in [0.717, 1.165) is 114 Å². The summed E-state index contributed by atoms with van der Waals surface area (Å²) in [5.41, 5.74) is 0. The van der Waals surface area contributed by atoms with E-state index in [-0.39, 0.29) is 25.7 Å². The molecule has 0 aliphatic rings. The average molecular weight is 1420 g/mol. The summed E-state index contributed by atoms with van der Waals surface area (Å²) in [6.45, 7) is 14.2. The van der Waals surface area contributed by atoms with Gasteiger partial charge in [0, 0.05) is 25.7 Å². The number of hydrogen-bond acceptors (Lipinski definition) is 15. The van der Waals surface area contributed by atoms with Crippen molar-refractivity contribution in [2.24, 2.45) is 23.7 Å². The van der Waals surface area contributed by atoms with Gasteiger partial charge in [-0.25, -0.2) is 9.13 Å². The number of aliphatic hydroxyl groups is 1. The highest BCUT2D eigenvalue weighted by Gasteiger charge is 2.30. The number of aliphatic hydroxyl groups excluding tert-OH is 1. The molecule has 0 fully saturated rings. The Bertz CT molecular complexity index is 1910. The monoisotopic (exact) mass is 1420 g/mol. The molecule has 0 saturated carbocycles. The van der Waals surface area contributed by atoms with E-state index in [9.17, 15) is 43.2 Å². The van der Waals surface area contributed by atoms with E-state index in [0.29, 0.717) is 31.6 Å². The number of carbonyl (C=O) groups excluding carboxylic acids is 4. The highest BCUT2D eigenvalue weighted by molar-refractivity contribution is 7.47. The number of rotatable bonds is 75. The second kappa shape index (κ2) is 67.2. The summed E-state index contributed by atoms with van der Waals surface area (Å²) in [7, 11) is -9.91. The normalized spacial score (nSPS) is 14.6. The molecule has 0 aliphatic heterocycles. The maximum absolute atomic E-state index is 13.1. The van der Waals surface area contributed by atoms with Crippen LogP contribution in [0.2, 0.25) is 0 Å². The first-order chi connectivity index (χ1) is 46.7. The molecule has 0 aliphatic carbocycles. The summed E-state index contributed by atoms with van der Waals surface area (Å²) in [5, 5.41) is 10.6. The van der Waals surface area contributed by atoms with Crippen LogP contribution in [0.15, 0.2) is 0 Å². The first-order valence-electron chi connectivity index (χ1n) is 40.3. The fourth-order valence-electron chi connectivity index (χ4n) is 11.8. The predicted octanol–water partition coefficient (Wildman–Crippen LogP) is 22.8. The molecule has 4 unspecified atom stereocenters. The van der Waals surface area contributed by atoms with Crippen LogP contribution in [0.25, 0.3) is 0 Å². The molecule has 0 spiro atoms. The Hall–Kier alpha value is -1.94. The molecule has 0 saturated heterocycles. The van der Waals surface area contributed by atoms with Gasteiger partial charge in [0.15, 0.2) is 12.2 Å². The number of ether oxygens (including phenoxy) is 4. The van der Waals surface area contributed by atoms with Crippen LogP contribution in [-0.4, -0.2) is 96.7 Å². The van der Waals surface area contributed by atoms with Crippen molar-refractivity contribution in [3.05, 3.63) is 0 Å². The van der Waals surface area contributed by atoms with Crippen LogP contribution in [0.1, 0.15) is 396 Å². The molecule has 0 bridgehead atoms. The van der Waals surface area contributed by atoms with Crippen molar-refractivity contribution in [1.82, 2.24) is 0 Å². The lowest BCUT2D eigenvalue weighted by molar-refractivity contribution is -0.161. The molecule has 0 heterocycles. The van der Waals surface area contributed by atoms with Gasteiger partial charge in [-0.2, -0.15) is 0 Å². The highest BCUT2D eigenvalue weighted by atomic mass is 31.2. The van der Waals surface area contributed by atoms with Gasteiger partial charge in [0.25, 0.3) is 0 Å². The van der Waals surface area contributed by atoms with Crippen molar-refractivity contribution >= 4 is 39.5 Å². The summed E-state index contributed by atoms with van der Waals surface area (Å²) in [5.74, 6) is 0.971. The standard InChI is InChI=1S/C78H152O17P2/c1-9-70(7)56-48-40-31-25-21-17-15-13-11-12-14-16-18-22-26-34-44-52-60-77(82)95-74(65-89-76(81)59-51-43-37-36-39-47-55-69(5)6)67-93-97(86,87)91-63-72(79)62-90-96(84,85)92-66-73(64-88-75(80)58-50-42-33-29-28-32-41-49-57-71(8)10-2)94-78(83)61-53-45-35-27-23-19-20-24-30-38-46-54-68(3)4/h68-74,79H,9-67H2,1-8H3,(H,84,85)(H,86,87)/t70?,71?,72-,73-,74-/m1/s1. The van der Waals surface area contributed by atoms with E-state index in [1.54, 1.807) is 0 Å². The van der Waals surface area contributed by atoms with E-state index < -0.39 is 97.5 Å². The second-order valence-electron chi connectivity index (χ2n) is 29.5. The number of phosphoric ester groups is 2. The van der Waals surface area contributed by atoms with E-state index >= 15 is 0 Å². The molecular weight excluding hydrogens is 1270 g/mol. The van der Waals surface area contributed by atoms with Crippen molar-refractivity contribution < 1.29 is 80.2 Å². The number of phosphoric acid groups is 2. The Morgan fingerprint density at radius 1 is 0.289 bits per heavy atom. The fourth-order valence-corrected chi connectivity index (χ4v) is 13.4. The molecule has 3 N–H and O–H groups in total. The van der Waals surface area contributed by atoms with Crippen LogP contribution in [0.3, 0.4) is 0 Å². The molecular formula is C78H152O17P2. The van der Waals surface area contributed by atoms with Crippen molar-refractivity contribution in [1.29, 1.82) is 0 Å². The Labute approximate surface area is 594 Å². The molecule has 19 heteroatoms. The molecule has 0 aromatic rings. The van der Waals surface area contributed by atoms with Gasteiger partial charge in [0.2, 0.25) is 0 Å². The van der Waals surface area contributed by atoms with Gasteiger partial charge in [0.05, 0.1) is 26.4 Å². The lowest BCUT2D eigenvalue weighted by Crippen LogP contribution is -2.30. The van der Waals surface area contributed by atoms with Crippen molar-refractivity contribution in [3.63, 3.8) is 0 Å². The van der Waals surface area contributed by atoms with Gasteiger partial charge in [-0.3, -0.25) is 37.3 Å². The maximum atomic E-state index is 13.1. The molecule has 0 amide bonds. The Kier molecular flexibility index (Phi) is 65.9. The third-order valence-corrected chi connectivity index (χ3v) is 20.7. The highest BCUT2D eigenvalue weighted by Crippen LogP contribution is 2.45. The number of carbonyl (C=O) groups is 4. The minimum absolute atomic E-state index is 0.106. The topological polar surface area (TPSA) is 237 Å². The molecule has 576 valence electrons. The van der Waals surface area contributed by atoms with Gasteiger partial charge in [-0.1, -0.05) is 344 Å². The number of hydrogen-bond donors (Lipinski definition) is 3. The van der Waals surface area contributed by atoms with Crippen molar-refractivity contribution in [2.45, 2.75) is 414 Å². The van der Waals surface area contributed by atoms with Crippen LogP contribution >= 0.6 is 15.6 Å². The minimum atomic E-state index is -4.96. The van der Waals surface area contributed by atoms with Crippen LogP contribution in [0.5, 0.6) is 0 Å². The molecule has 7 atom stereocenters. The lowest BCUT2D eigenvalue weighted by Gasteiger charge is -2.21. The number of esters is 4. The molecule has 0 radical (unpaired) electrons. The summed E-state index contributed by atoms with van der Waals surface area (Å²) in [6.07, 6.45) is 52.9. The van der Waals surface area contributed by atoms with E-state index in [1.807, 2.05) is 0 Å². The molecule has 97 heavy (non-hydrogen) atoms. The average Bonchev–Trinajstić information content (AvgIpc) is 1.39. The van der Waals surface area contributed by atoms with Crippen LogP contribution in [0.4, 0.5) is 0 Å². The lowest BCUT2D eigenvalue weighted by atomic mass is 9.99. The summed E-state index contributed by atoms with van der Waals surface area (Å²) < 4.78 is 68.5. The zero-order valence-corrected chi connectivity index (χ0v) is 65.5.